The predicted molar refractivity (Wildman–Crippen MR) is 222 cm³/mol. The third-order valence-corrected chi connectivity index (χ3v) is 10.4. The average Bonchev–Trinajstić information content (AvgIpc) is 3.15. The van der Waals surface area contributed by atoms with E-state index in [-0.39, 0.29) is 17.5 Å². The molecule has 0 heterocycles. The molecule has 52 heavy (non-hydrogen) atoms. The minimum absolute atomic E-state index is 0.121. The van der Waals surface area contributed by atoms with Gasteiger partial charge >= 0.3 is 5.97 Å². The molecule has 0 bridgehead atoms. The Labute approximate surface area is 320 Å². The maximum atomic E-state index is 12.1. The molecule has 0 fully saturated rings. The van der Waals surface area contributed by atoms with E-state index in [9.17, 15) is 9.59 Å². The van der Waals surface area contributed by atoms with Crippen molar-refractivity contribution in [2.45, 2.75) is 219 Å². The molecule has 1 aliphatic carbocycles. The zero-order valence-electron chi connectivity index (χ0n) is 34.3. The van der Waals surface area contributed by atoms with E-state index in [4.69, 9.17) is 14.6 Å². The summed E-state index contributed by atoms with van der Waals surface area (Å²) in [5.74, 6) is -0.137. The van der Waals surface area contributed by atoms with Crippen molar-refractivity contribution in [3.8, 4) is 5.75 Å². The van der Waals surface area contributed by atoms with Crippen molar-refractivity contribution in [3.63, 3.8) is 0 Å². The second-order valence-electron chi connectivity index (χ2n) is 15.2. The standard InChI is InChI=1S/C24H42O2.C23H38O3/c1-4-6-7-8-9-10-11-12-13-14-16-19-23(5-2)26-24(22(3)25)20-17-15-18-21-24;1-2-3-4-5-6-7-8-9-10-11-12-13-14-15-19-26-22-18-16-17-21(20-22)23(24)25/h15,17-18,20,23H,4-14,16,19,21H2,1-3H3;16-18,20H,2-15,19H2,1H3,(H,24,25). The molecule has 0 spiro atoms. The molecule has 1 aromatic rings. The number of unbranched alkanes of at least 4 members (excludes halogenated alkanes) is 23. The number of ketones is 1. The van der Waals surface area contributed by atoms with Gasteiger partial charge in [0.05, 0.1) is 18.3 Å². The van der Waals surface area contributed by atoms with Gasteiger partial charge in [0.1, 0.15) is 11.4 Å². The number of Topliss-reactive ketones (excluding diaryl/α,β-unsaturated/α-hetero) is 1. The first-order valence-electron chi connectivity index (χ1n) is 21.9. The largest absolute Gasteiger partial charge is 0.494 e. The molecule has 0 aromatic heterocycles. The van der Waals surface area contributed by atoms with Gasteiger partial charge in [0.25, 0.3) is 0 Å². The van der Waals surface area contributed by atoms with Crippen molar-refractivity contribution in [2.75, 3.05) is 6.61 Å². The highest BCUT2D eigenvalue weighted by Gasteiger charge is 2.35. The fourth-order valence-electron chi connectivity index (χ4n) is 6.92. The molecule has 0 saturated carbocycles. The molecule has 1 aliphatic rings. The van der Waals surface area contributed by atoms with Crippen LogP contribution < -0.4 is 4.74 Å². The minimum atomic E-state index is -0.910. The van der Waals surface area contributed by atoms with Crippen molar-refractivity contribution in [3.05, 3.63) is 54.1 Å². The Hall–Kier alpha value is -2.40. The lowest BCUT2D eigenvalue weighted by molar-refractivity contribution is -0.143. The second-order valence-corrected chi connectivity index (χ2v) is 15.2. The van der Waals surface area contributed by atoms with E-state index in [1.54, 1.807) is 25.1 Å². The molecule has 0 aliphatic heterocycles. The van der Waals surface area contributed by atoms with E-state index in [0.717, 1.165) is 19.3 Å². The van der Waals surface area contributed by atoms with Crippen molar-refractivity contribution >= 4 is 11.8 Å². The molecule has 0 amide bonds. The van der Waals surface area contributed by atoms with Crippen LogP contribution in [0.1, 0.15) is 218 Å². The molecule has 2 atom stereocenters. The Balaban J connectivity index is 0.000000520. The Kier molecular flexibility index (Phi) is 30.4. The van der Waals surface area contributed by atoms with Crippen LogP contribution in [0.5, 0.6) is 5.75 Å². The molecular formula is C47H80O5. The van der Waals surface area contributed by atoms with Crippen LogP contribution in [0.25, 0.3) is 0 Å². The molecule has 5 heteroatoms. The highest BCUT2D eigenvalue weighted by atomic mass is 16.5. The minimum Gasteiger partial charge on any atom is -0.494 e. The second kappa shape index (κ2) is 33.2. The van der Waals surface area contributed by atoms with Gasteiger partial charge in [0.15, 0.2) is 5.78 Å². The number of carboxylic acid groups (broad SMARTS) is 1. The highest BCUT2D eigenvalue weighted by molar-refractivity contribution is 5.88. The molecular weight excluding hydrogens is 645 g/mol. The zero-order chi connectivity index (χ0) is 38.0. The molecule has 1 N–H and O–H groups in total. The van der Waals surface area contributed by atoms with Gasteiger partial charge in [-0.2, -0.15) is 0 Å². The number of carboxylic acids is 1. The molecule has 0 saturated heterocycles. The molecule has 2 unspecified atom stereocenters. The van der Waals surface area contributed by atoms with Gasteiger partial charge in [-0.05, 0) is 50.5 Å². The lowest BCUT2D eigenvalue weighted by Gasteiger charge is -2.33. The highest BCUT2D eigenvalue weighted by Crippen LogP contribution is 2.28. The Morgan fingerprint density at radius 1 is 0.673 bits per heavy atom. The van der Waals surface area contributed by atoms with E-state index in [2.05, 4.69) is 20.8 Å². The number of carbonyl (C=O) groups is 2. The van der Waals surface area contributed by atoms with Gasteiger partial charge in [-0.3, -0.25) is 4.79 Å². The monoisotopic (exact) mass is 725 g/mol. The third kappa shape index (κ3) is 24.8. The Morgan fingerprint density at radius 3 is 1.58 bits per heavy atom. The van der Waals surface area contributed by atoms with Gasteiger partial charge in [0.2, 0.25) is 0 Å². The maximum absolute atomic E-state index is 12.1. The first-order valence-corrected chi connectivity index (χ1v) is 21.9. The van der Waals surface area contributed by atoms with Crippen LogP contribution in [0.2, 0.25) is 0 Å². The fourth-order valence-corrected chi connectivity index (χ4v) is 6.92. The van der Waals surface area contributed by atoms with Crippen LogP contribution in [0.4, 0.5) is 0 Å². The molecule has 0 radical (unpaired) electrons. The van der Waals surface area contributed by atoms with E-state index in [1.807, 2.05) is 30.4 Å². The summed E-state index contributed by atoms with van der Waals surface area (Å²) >= 11 is 0. The van der Waals surface area contributed by atoms with Crippen LogP contribution in [-0.4, -0.2) is 35.2 Å². The summed E-state index contributed by atoms with van der Waals surface area (Å²) in [4.78, 5) is 23.0. The van der Waals surface area contributed by atoms with Crippen LogP contribution in [0, 0.1) is 0 Å². The predicted octanol–water partition coefficient (Wildman–Crippen LogP) is 14.6. The Bertz CT molecular complexity index is 1060. The van der Waals surface area contributed by atoms with Gasteiger partial charge in [-0.25, -0.2) is 4.79 Å². The summed E-state index contributed by atoms with van der Waals surface area (Å²) in [6, 6.07) is 6.72. The number of aromatic carboxylic acids is 1. The summed E-state index contributed by atoms with van der Waals surface area (Å²) in [6.45, 7) is 9.03. The van der Waals surface area contributed by atoms with E-state index < -0.39 is 11.6 Å². The first-order chi connectivity index (χ1) is 25.4. The first kappa shape index (κ1) is 47.6. The normalized spacial score (nSPS) is 15.6. The van der Waals surface area contributed by atoms with E-state index in [1.165, 1.54) is 154 Å². The van der Waals surface area contributed by atoms with Crippen LogP contribution in [0.15, 0.2) is 48.6 Å². The maximum Gasteiger partial charge on any atom is 0.335 e. The fraction of sp³-hybridized carbons (Fsp3) is 0.745. The lowest BCUT2D eigenvalue weighted by atomic mass is 9.90. The number of hydrogen-bond acceptors (Lipinski definition) is 4. The van der Waals surface area contributed by atoms with Gasteiger partial charge in [-0.1, -0.05) is 199 Å². The molecule has 1 aromatic carbocycles. The van der Waals surface area contributed by atoms with Crippen LogP contribution in [-0.2, 0) is 9.53 Å². The van der Waals surface area contributed by atoms with Gasteiger partial charge < -0.3 is 14.6 Å². The topological polar surface area (TPSA) is 72.8 Å². The number of carbonyl (C=O) groups excluding carboxylic acids is 1. The van der Waals surface area contributed by atoms with Gasteiger partial charge in [-0.15, -0.1) is 0 Å². The van der Waals surface area contributed by atoms with Crippen molar-refractivity contribution in [2.24, 2.45) is 0 Å². The summed E-state index contributed by atoms with van der Waals surface area (Å²) in [5, 5.41) is 8.96. The van der Waals surface area contributed by atoms with Crippen molar-refractivity contribution < 1.29 is 24.2 Å². The summed E-state index contributed by atoms with van der Waals surface area (Å²) in [6.07, 6.45) is 44.6. The Morgan fingerprint density at radius 2 is 1.15 bits per heavy atom. The number of rotatable bonds is 33. The number of hydrogen-bond donors (Lipinski definition) is 1. The average molecular weight is 725 g/mol. The molecule has 2 rings (SSSR count). The molecule has 5 nitrogen and oxygen atoms in total. The summed E-state index contributed by atoms with van der Waals surface area (Å²) in [5.41, 5.74) is -0.434. The van der Waals surface area contributed by atoms with E-state index >= 15 is 0 Å². The zero-order valence-corrected chi connectivity index (χ0v) is 34.3. The molecule has 298 valence electrons. The number of allylic oxidation sites excluding steroid dienone is 2. The van der Waals surface area contributed by atoms with E-state index in [0.29, 0.717) is 18.8 Å². The number of benzene rings is 1. The smallest absolute Gasteiger partial charge is 0.335 e. The quantitative estimate of drug-likeness (QED) is 0.0731. The SMILES string of the molecule is CCCCCCCCCCCCCC(CC)OC1(C(C)=O)C=CC=CC1.CCCCCCCCCCCCCCCCOc1cccc(C(=O)O)c1. The van der Waals surface area contributed by atoms with Gasteiger partial charge in [0, 0.05) is 6.42 Å². The lowest BCUT2D eigenvalue weighted by Crippen LogP contribution is -2.41. The number of ether oxygens (including phenoxy) is 2. The third-order valence-electron chi connectivity index (χ3n) is 10.4. The van der Waals surface area contributed by atoms with Crippen LogP contribution >= 0.6 is 0 Å². The summed E-state index contributed by atoms with van der Waals surface area (Å²) in [7, 11) is 0. The van der Waals surface area contributed by atoms with Crippen molar-refractivity contribution in [1.29, 1.82) is 0 Å². The van der Waals surface area contributed by atoms with Crippen molar-refractivity contribution in [1.82, 2.24) is 0 Å². The van der Waals surface area contributed by atoms with Crippen LogP contribution in [0.3, 0.4) is 0 Å². The summed E-state index contributed by atoms with van der Waals surface area (Å²) < 4.78 is 11.9.